The third-order valence-electron chi connectivity index (χ3n) is 2.65. The minimum atomic E-state index is -4.46. The molecule has 0 bridgehead atoms. The molecule has 0 aliphatic carbocycles. The maximum atomic E-state index is 12.7. The molecule has 2 nitrogen and oxygen atoms in total. The Bertz CT molecular complexity index is 644. The summed E-state index contributed by atoms with van der Waals surface area (Å²) in [5.41, 5.74) is 0.678. The van der Waals surface area contributed by atoms with Crippen molar-refractivity contribution in [2.24, 2.45) is 0 Å². The van der Waals surface area contributed by atoms with Crippen LogP contribution in [0.1, 0.15) is 11.1 Å². The Kier molecular flexibility index (Phi) is 4.25. The van der Waals surface area contributed by atoms with Crippen LogP contribution in [-0.4, -0.2) is 4.98 Å². The Morgan fingerprint density at radius 3 is 2.60 bits per heavy atom. The minimum absolute atomic E-state index is 0.0472. The van der Waals surface area contributed by atoms with Gasteiger partial charge in [0.2, 0.25) is 0 Å². The van der Waals surface area contributed by atoms with E-state index in [9.17, 15) is 13.2 Å². The maximum Gasteiger partial charge on any atom is 0.416 e. The Labute approximate surface area is 127 Å². The van der Waals surface area contributed by atoms with Crippen LogP contribution in [0.3, 0.4) is 0 Å². The van der Waals surface area contributed by atoms with Gasteiger partial charge in [0.1, 0.15) is 11.0 Å². The lowest BCUT2D eigenvalue weighted by Crippen LogP contribution is -2.07. The summed E-state index contributed by atoms with van der Waals surface area (Å²) in [4.78, 5) is 3.85. The predicted octanol–water partition coefficient (Wildman–Crippen LogP) is 5.57. The van der Waals surface area contributed by atoms with Crippen molar-refractivity contribution in [2.75, 3.05) is 5.32 Å². The maximum absolute atomic E-state index is 12.7. The molecule has 1 aromatic heterocycles. The summed E-state index contributed by atoms with van der Waals surface area (Å²) in [7, 11) is 0. The van der Waals surface area contributed by atoms with E-state index >= 15 is 0 Å². The first-order valence-corrected chi connectivity index (χ1v) is 6.71. The Hall–Kier alpha value is -1.27. The molecule has 106 valence electrons. The first-order valence-electron chi connectivity index (χ1n) is 5.54. The highest BCUT2D eigenvalue weighted by Crippen LogP contribution is 2.33. The lowest BCUT2D eigenvalue weighted by molar-refractivity contribution is -0.137. The summed E-state index contributed by atoms with van der Waals surface area (Å²) in [5, 5.41) is 2.63. The molecule has 0 aliphatic heterocycles. The van der Waals surface area contributed by atoms with Crippen LogP contribution in [0.4, 0.5) is 24.7 Å². The zero-order chi connectivity index (χ0) is 14.9. The number of anilines is 2. The highest BCUT2D eigenvalue weighted by molar-refractivity contribution is 9.10. The van der Waals surface area contributed by atoms with Gasteiger partial charge in [0, 0.05) is 10.2 Å². The summed E-state index contributed by atoms with van der Waals surface area (Å²) in [6.45, 7) is 1.83. The van der Waals surface area contributed by atoms with E-state index in [1.54, 1.807) is 12.1 Å². The van der Waals surface area contributed by atoms with Crippen LogP contribution in [0.15, 0.2) is 34.8 Å². The van der Waals surface area contributed by atoms with Crippen LogP contribution in [0, 0.1) is 6.92 Å². The molecular weight excluding hydrogens is 357 g/mol. The van der Waals surface area contributed by atoms with Crippen molar-refractivity contribution < 1.29 is 13.2 Å². The highest BCUT2D eigenvalue weighted by atomic mass is 79.9. The molecule has 0 saturated heterocycles. The molecule has 2 rings (SSSR count). The van der Waals surface area contributed by atoms with Gasteiger partial charge in [-0.15, -0.1) is 0 Å². The standard InChI is InChI=1S/C13H9BrClF3N2/c1-7-9(14)3-2-4-10(7)19-12-6-8(13(16,17)18)5-11(15)20-12/h2-6H,1H3,(H,19,20). The van der Waals surface area contributed by atoms with Crippen LogP contribution in [0.25, 0.3) is 0 Å². The average Bonchev–Trinajstić information content (AvgIpc) is 2.33. The normalized spacial score (nSPS) is 11.5. The molecule has 0 radical (unpaired) electrons. The largest absolute Gasteiger partial charge is 0.416 e. The van der Waals surface area contributed by atoms with E-state index in [0.717, 1.165) is 22.2 Å². The third kappa shape index (κ3) is 3.43. The predicted molar refractivity (Wildman–Crippen MR) is 76.4 cm³/mol. The fraction of sp³-hybridized carbons (Fsp3) is 0.154. The van der Waals surface area contributed by atoms with E-state index < -0.39 is 11.7 Å². The summed E-state index contributed by atoms with van der Waals surface area (Å²) >= 11 is 8.99. The van der Waals surface area contributed by atoms with E-state index in [2.05, 4.69) is 26.2 Å². The number of pyridine rings is 1. The molecule has 0 unspecified atom stereocenters. The lowest BCUT2D eigenvalue weighted by Gasteiger charge is -2.13. The number of alkyl halides is 3. The fourth-order valence-corrected chi connectivity index (χ4v) is 2.18. The van der Waals surface area contributed by atoms with Gasteiger partial charge in [-0.25, -0.2) is 4.98 Å². The van der Waals surface area contributed by atoms with Crippen molar-refractivity contribution in [3.8, 4) is 0 Å². The number of hydrogen-bond donors (Lipinski definition) is 1. The van der Waals surface area contributed by atoms with Crippen LogP contribution in [0.2, 0.25) is 5.15 Å². The number of nitrogens with zero attached hydrogens (tertiary/aromatic N) is 1. The molecule has 0 amide bonds. The Morgan fingerprint density at radius 2 is 1.95 bits per heavy atom. The topological polar surface area (TPSA) is 24.9 Å². The van der Waals surface area contributed by atoms with Crippen LogP contribution < -0.4 is 5.32 Å². The summed E-state index contributed by atoms with van der Waals surface area (Å²) in [6.07, 6.45) is -4.46. The Morgan fingerprint density at radius 1 is 1.25 bits per heavy atom. The van der Waals surface area contributed by atoms with Gasteiger partial charge in [-0.2, -0.15) is 13.2 Å². The van der Waals surface area contributed by atoms with Crippen LogP contribution in [-0.2, 0) is 6.18 Å². The molecule has 1 heterocycles. The molecule has 0 spiro atoms. The summed E-state index contributed by atoms with van der Waals surface area (Å²) in [5.74, 6) is 0.0472. The van der Waals surface area contributed by atoms with E-state index in [1.165, 1.54) is 0 Å². The van der Waals surface area contributed by atoms with E-state index in [-0.39, 0.29) is 11.0 Å². The van der Waals surface area contributed by atoms with Crippen LogP contribution >= 0.6 is 27.5 Å². The first kappa shape index (κ1) is 15.1. The van der Waals surface area contributed by atoms with Gasteiger partial charge in [-0.3, -0.25) is 0 Å². The van der Waals surface area contributed by atoms with Crippen molar-refractivity contribution in [1.29, 1.82) is 0 Å². The number of hydrogen-bond acceptors (Lipinski definition) is 2. The second-order valence-electron chi connectivity index (χ2n) is 4.10. The van der Waals surface area contributed by atoms with Crippen molar-refractivity contribution in [3.05, 3.63) is 51.1 Å². The zero-order valence-electron chi connectivity index (χ0n) is 10.2. The lowest BCUT2D eigenvalue weighted by atomic mass is 10.2. The van der Waals surface area contributed by atoms with Gasteiger partial charge in [-0.05, 0) is 36.8 Å². The van der Waals surface area contributed by atoms with E-state index in [4.69, 9.17) is 11.6 Å². The van der Waals surface area contributed by atoms with Gasteiger partial charge >= 0.3 is 6.18 Å². The van der Waals surface area contributed by atoms with Crippen molar-refractivity contribution in [2.45, 2.75) is 13.1 Å². The quantitative estimate of drug-likeness (QED) is 0.704. The van der Waals surface area contributed by atoms with Gasteiger partial charge in [0.05, 0.1) is 5.56 Å². The van der Waals surface area contributed by atoms with E-state index in [1.807, 2.05) is 13.0 Å². The highest BCUT2D eigenvalue weighted by Gasteiger charge is 2.31. The van der Waals surface area contributed by atoms with Gasteiger partial charge in [0.15, 0.2) is 0 Å². The number of benzene rings is 1. The number of aromatic nitrogens is 1. The zero-order valence-corrected chi connectivity index (χ0v) is 12.6. The molecule has 1 N–H and O–H groups in total. The molecule has 0 fully saturated rings. The fourth-order valence-electron chi connectivity index (χ4n) is 1.61. The monoisotopic (exact) mass is 364 g/mol. The first-order chi connectivity index (χ1) is 9.27. The SMILES string of the molecule is Cc1c(Br)cccc1Nc1cc(C(F)(F)F)cc(Cl)n1. The van der Waals surface area contributed by atoms with E-state index in [0.29, 0.717) is 5.69 Å². The molecule has 1 aromatic carbocycles. The van der Waals surface area contributed by atoms with Gasteiger partial charge in [0.25, 0.3) is 0 Å². The Balaban J connectivity index is 2.39. The molecule has 20 heavy (non-hydrogen) atoms. The van der Waals surface area contributed by atoms with Crippen molar-refractivity contribution >= 4 is 39.0 Å². The molecule has 0 atom stereocenters. The summed E-state index contributed by atoms with van der Waals surface area (Å²) < 4.78 is 39.0. The number of halogens is 5. The van der Waals surface area contributed by atoms with Crippen LogP contribution in [0.5, 0.6) is 0 Å². The van der Waals surface area contributed by atoms with Crippen molar-refractivity contribution in [3.63, 3.8) is 0 Å². The second-order valence-corrected chi connectivity index (χ2v) is 5.34. The molecule has 0 aliphatic rings. The van der Waals surface area contributed by atoms with Gasteiger partial charge < -0.3 is 5.32 Å². The number of rotatable bonds is 2. The average molecular weight is 366 g/mol. The molecule has 7 heteroatoms. The summed E-state index contributed by atoms with van der Waals surface area (Å²) in [6, 6.07) is 7.07. The number of nitrogens with one attached hydrogen (secondary N) is 1. The smallest absolute Gasteiger partial charge is 0.340 e. The van der Waals surface area contributed by atoms with Crippen molar-refractivity contribution in [1.82, 2.24) is 4.98 Å². The minimum Gasteiger partial charge on any atom is -0.340 e. The third-order valence-corrected chi connectivity index (χ3v) is 3.70. The molecular formula is C13H9BrClF3N2. The molecule has 2 aromatic rings. The second kappa shape index (κ2) is 5.61. The molecule has 0 saturated carbocycles. The van der Waals surface area contributed by atoms with Gasteiger partial charge in [-0.1, -0.05) is 33.6 Å².